The van der Waals surface area contributed by atoms with Gasteiger partial charge in [0.25, 0.3) is 0 Å². The molecule has 0 radical (unpaired) electrons. The Bertz CT molecular complexity index is 343. The summed E-state index contributed by atoms with van der Waals surface area (Å²) in [5.74, 6) is 2.11. The zero-order valence-electron chi connectivity index (χ0n) is 12.5. The van der Waals surface area contributed by atoms with Crippen LogP contribution in [0, 0.1) is 17.3 Å². The molecule has 3 fully saturated rings. The minimum Gasteiger partial charge on any atom is -0.373 e. The highest BCUT2D eigenvalue weighted by molar-refractivity contribution is 5.92. The van der Waals surface area contributed by atoms with Crippen LogP contribution in [0.1, 0.15) is 71.6 Å². The molecule has 3 aliphatic carbocycles. The highest BCUT2D eigenvalue weighted by atomic mass is 16.5. The fourth-order valence-electron chi connectivity index (χ4n) is 4.43. The molecule has 2 heteroatoms. The largest absolute Gasteiger partial charge is 0.373 e. The molecule has 19 heavy (non-hydrogen) atoms. The molecule has 4 unspecified atom stereocenters. The van der Waals surface area contributed by atoms with Crippen molar-refractivity contribution in [2.75, 3.05) is 0 Å². The van der Waals surface area contributed by atoms with E-state index in [9.17, 15) is 4.79 Å². The molecule has 0 aromatic carbocycles. The number of hydrogen-bond donors (Lipinski definition) is 0. The Hall–Kier alpha value is -0.370. The standard InChI is InChI=1S/C17H28O2/c1-12-6-7-14(10-13(12)2)19-16-11-15(18)17(16)8-4-3-5-9-17/h12-14,16H,3-11H2,1-2H3. The van der Waals surface area contributed by atoms with Gasteiger partial charge in [-0.25, -0.2) is 0 Å². The molecule has 3 saturated carbocycles. The number of Topliss-reactive ketones (excluding diaryl/α,β-unsaturated/α-hetero) is 1. The van der Waals surface area contributed by atoms with Crippen LogP contribution in [0.2, 0.25) is 0 Å². The Morgan fingerprint density at radius 1 is 1.05 bits per heavy atom. The van der Waals surface area contributed by atoms with Crippen molar-refractivity contribution in [2.45, 2.75) is 83.8 Å². The predicted molar refractivity (Wildman–Crippen MR) is 76.0 cm³/mol. The van der Waals surface area contributed by atoms with Crippen LogP contribution >= 0.6 is 0 Å². The van der Waals surface area contributed by atoms with E-state index in [2.05, 4.69) is 13.8 Å². The Kier molecular flexibility index (Phi) is 3.72. The maximum atomic E-state index is 12.1. The molecule has 0 saturated heterocycles. The highest BCUT2D eigenvalue weighted by Gasteiger charge is 2.56. The maximum absolute atomic E-state index is 12.1. The van der Waals surface area contributed by atoms with E-state index in [1.54, 1.807) is 0 Å². The molecule has 2 nitrogen and oxygen atoms in total. The molecule has 3 aliphatic rings. The van der Waals surface area contributed by atoms with E-state index in [-0.39, 0.29) is 11.5 Å². The minimum atomic E-state index is -0.0510. The quantitative estimate of drug-likeness (QED) is 0.750. The molecule has 4 atom stereocenters. The van der Waals surface area contributed by atoms with E-state index in [0.717, 1.165) is 24.7 Å². The second-order valence-corrected chi connectivity index (χ2v) is 7.36. The molecular formula is C17H28O2. The summed E-state index contributed by atoms with van der Waals surface area (Å²) in [7, 11) is 0. The Morgan fingerprint density at radius 3 is 2.42 bits per heavy atom. The summed E-state index contributed by atoms with van der Waals surface area (Å²) in [5, 5.41) is 0. The first-order valence-electron chi connectivity index (χ1n) is 8.30. The fourth-order valence-corrected chi connectivity index (χ4v) is 4.43. The molecule has 0 aromatic heterocycles. The second-order valence-electron chi connectivity index (χ2n) is 7.36. The van der Waals surface area contributed by atoms with Gasteiger partial charge in [0.2, 0.25) is 0 Å². The molecule has 0 bridgehead atoms. The van der Waals surface area contributed by atoms with Gasteiger partial charge in [0, 0.05) is 6.42 Å². The monoisotopic (exact) mass is 264 g/mol. The number of rotatable bonds is 2. The van der Waals surface area contributed by atoms with Gasteiger partial charge in [0.15, 0.2) is 0 Å². The molecule has 0 amide bonds. The summed E-state index contributed by atoms with van der Waals surface area (Å²) >= 11 is 0. The Balaban J connectivity index is 1.59. The first-order chi connectivity index (χ1) is 9.12. The smallest absolute Gasteiger partial charge is 0.144 e. The maximum Gasteiger partial charge on any atom is 0.144 e. The lowest BCUT2D eigenvalue weighted by Crippen LogP contribution is -2.57. The lowest BCUT2D eigenvalue weighted by atomic mass is 9.57. The number of hydrogen-bond acceptors (Lipinski definition) is 2. The number of ether oxygens (including phenoxy) is 1. The van der Waals surface area contributed by atoms with Crippen LogP contribution < -0.4 is 0 Å². The summed E-state index contributed by atoms with van der Waals surface area (Å²) in [5.41, 5.74) is -0.0510. The van der Waals surface area contributed by atoms with Gasteiger partial charge in [-0.05, 0) is 43.9 Å². The zero-order chi connectivity index (χ0) is 13.5. The van der Waals surface area contributed by atoms with Crippen LogP contribution in [0.5, 0.6) is 0 Å². The average Bonchev–Trinajstić information content (AvgIpc) is 2.43. The minimum absolute atomic E-state index is 0.0510. The zero-order valence-corrected chi connectivity index (χ0v) is 12.5. The molecule has 3 rings (SSSR count). The fraction of sp³-hybridized carbons (Fsp3) is 0.941. The summed E-state index contributed by atoms with van der Waals surface area (Å²) in [6, 6.07) is 0. The van der Waals surface area contributed by atoms with Crippen LogP contribution in [-0.4, -0.2) is 18.0 Å². The van der Waals surface area contributed by atoms with Gasteiger partial charge in [-0.3, -0.25) is 4.79 Å². The number of carbonyl (C=O) groups is 1. The molecule has 108 valence electrons. The highest BCUT2D eigenvalue weighted by Crippen LogP contribution is 2.51. The van der Waals surface area contributed by atoms with Gasteiger partial charge in [0.1, 0.15) is 5.78 Å². The third kappa shape index (κ3) is 2.37. The lowest BCUT2D eigenvalue weighted by molar-refractivity contribution is -0.182. The summed E-state index contributed by atoms with van der Waals surface area (Å²) < 4.78 is 6.39. The lowest BCUT2D eigenvalue weighted by Gasteiger charge is -2.51. The summed E-state index contributed by atoms with van der Waals surface area (Å²) in [4.78, 5) is 12.1. The van der Waals surface area contributed by atoms with Gasteiger partial charge in [-0.1, -0.05) is 33.1 Å². The molecule has 0 N–H and O–H groups in total. The van der Waals surface area contributed by atoms with Crippen LogP contribution in [0.25, 0.3) is 0 Å². The van der Waals surface area contributed by atoms with Gasteiger partial charge in [-0.2, -0.15) is 0 Å². The van der Waals surface area contributed by atoms with E-state index in [4.69, 9.17) is 4.74 Å². The number of carbonyl (C=O) groups excluding carboxylic acids is 1. The van der Waals surface area contributed by atoms with E-state index in [0.29, 0.717) is 18.3 Å². The molecular weight excluding hydrogens is 236 g/mol. The molecule has 0 heterocycles. The van der Waals surface area contributed by atoms with E-state index >= 15 is 0 Å². The first-order valence-corrected chi connectivity index (χ1v) is 8.30. The van der Waals surface area contributed by atoms with Crippen molar-refractivity contribution < 1.29 is 9.53 Å². The van der Waals surface area contributed by atoms with Crippen molar-refractivity contribution in [3.63, 3.8) is 0 Å². The third-order valence-electron chi connectivity index (χ3n) is 6.20. The van der Waals surface area contributed by atoms with Crippen molar-refractivity contribution in [3.05, 3.63) is 0 Å². The second kappa shape index (κ2) is 5.20. The SMILES string of the molecule is CC1CCC(OC2CC(=O)C23CCCCC3)CC1C. The third-order valence-corrected chi connectivity index (χ3v) is 6.20. The van der Waals surface area contributed by atoms with Crippen LogP contribution in [0.3, 0.4) is 0 Å². The average molecular weight is 264 g/mol. The van der Waals surface area contributed by atoms with E-state index in [1.165, 1.54) is 38.5 Å². The molecule has 0 aliphatic heterocycles. The van der Waals surface area contributed by atoms with Gasteiger partial charge >= 0.3 is 0 Å². The van der Waals surface area contributed by atoms with E-state index < -0.39 is 0 Å². The predicted octanol–water partition coefficient (Wildman–Crippen LogP) is 4.12. The summed E-state index contributed by atoms with van der Waals surface area (Å²) in [6.45, 7) is 4.71. The normalized spacial score (nSPS) is 42.1. The van der Waals surface area contributed by atoms with Crippen molar-refractivity contribution >= 4 is 5.78 Å². The van der Waals surface area contributed by atoms with Crippen LogP contribution in [0.15, 0.2) is 0 Å². The van der Waals surface area contributed by atoms with Gasteiger partial charge < -0.3 is 4.74 Å². The van der Waals surface area contributed by atoms with Crippen molar-refractivity contribution in [1.29, 1.82) is 0 Å². The Morgan fingerprint density at radius 2 is 1.79 bits per heavy atom. The first kappa shape index (κ1) is 13.6. The molecule has 1 spiro atoms. The Labute approximate surface area is 117 Å². The van der Waals surface area contributed by atoms with E-state index in [1.807, 2.05) is 0 Å². The molecule has 0 aromatic rings. The van der Waals surface area contributed by atoms with Gasteiger partial charge in [0.05, 0.1) is 17.6 Å². The summed E-state index contributed by atoms with van der Waals surface area (Å²) in [6.07, 6.45) is 11.0. The van der Waals surface area contributed by atoms with Crippen molar-refractivity contribution in [2.24, 2.45) is 17.3 Å². The van der Waals surface area contributed by atoms with Crippen LogP contribution in [0.4, 0.5) is 0 Å². The number of ketones is 1. The topological polar surface area (TPSA) is 26.3 Å². The van der Waals surface area contributed by atoms with Crippen LogP contribution in [-0.2, 0) is 9.53 Å². The van der Waals surface area contributed by atoms with Gasteiger partial charge in [-0.15, -0.1) is 0 Å². The van der Waals surface area contributed by atoms with Crippen molar-refractivity contribution in [1.82, 2.24) is 0 Å². The van der Waals surface area contributed by atoms with Crippen molar-refractivity contribution in [3.8, 4) is 0 Å².